The molecule has 0 spiro atoms. The lowest BCUT2D eigenvalue weighted by Crippen LogP contribution is -2.21. The highest BCUT2D eigenvalue weighted by atomic mass is 16.5. The molecule has 0 fully saturated rings. The van der Waals surface area contributed by atoms with E-state index in [0.29, 0.717) is 12.1 Å². The molecule has 0 saturated heterocycles. The monoisotopic (exact) mass is 257 g/mol. The summed E-state index contributed by atoms with van der Waals surface area (Å²) >= 11 is 0. The second-order valence-electron chi connectivity index (χ2n) is 4.78. The van der Waals surface area contributed by atoms with Crippen molar-refractivity contribution in [2.45, 2.75) is 20.4 Å². The van der Waals surface area contributed by atoms with Gasteiger partial charge in [0.05, 0.1) is 12.2 Å². The Morgan fingerprint density at radius 2 is 2.00 bits per heavy atom. The molecule has 0 radical (unpaired) electrons. The molecule has 3 aromatic heterocycles. The molecule has 3 heterocycles. The maximum atomic E-state index is 12.5. The van der Waals surface area contributed by atoms with Crippen molar-refractivity contribution >= 4 is 10.9 Å². The van der Waals surface area contributed by atoms with E-state index in [0.717, 1.165) is 22.4 Å². The van der Waals surface area contributed by atoms with Gasteiger partial charge in [-0.25, -0.2) is 0 Å². The molecule has 0 unspecified atom stereocenters. The van der Waals surface area contributed by atoms with Crippen molar-refractivity contribution in [2.75, 3.05) is 0 Å². The zero-order valence-corrected chi connectivity index (χ0v) is 11.2. The molecule has 0 atom stereocenters. The molecule has 5 heteroatoms. The van der Waals surface area contributed by atoms with Crippen molar-refractivity contribution in [3.8, 4) is 0 Å². The lowest BCUT2D eigenvalue weighted by atomic mass is 10.2. The van der Waals surface area contributed by atoms with Crippen LogP contribution in [0.3, 0.4) is 0 Å². The van der Waals surface area contributed by atoms with Crippen LogP contribution in [0, 0.1) is 13.8 Å². The van der Waals surface area contributed by atoms with Crippen molar-refractivity contribution in [2.24, 2.45) is 7.05 Å². The van der Waals surface area contributed by atoms with Gasteiger partial charge in [0.2, 0.25) is 0 Å². The molecule has 0 aliphatic heterocycles. The van der Waals surface area contributed by atoms with Crippen molar-refractivity contribution in [3.63, 3.8) is 0 Å². The predicted octanol–water partition coefficient (Wildman–Crippen LogP) is 1.99. The fourth-order valence-electron chi connectivity index (χ4n) is 2.35. The summed E-state index contributed by atoms with van der Waals surface area (Å²) in [6.45, 7) is 4.24. The van der Waals surface area contributed by atoms with Crippen LogP contribution in [-0.4, -0.2) is 14.3 Å². The number of nitrogens with zero attached hydrogens (tertiary/aromatic N) is 3. The van der Waals surface area contributed by atoms with Crippen LogP contribution >= 0.6 is 0 Å². The average Bonchev–Trinajstić information content (AvgIpc) is 2.90. The van der Waals surface area contributed by atoms with Gasteiger partial charge in [0.1, 0.15) is 11.3 Å². The summed E-state index contributed by atoms with van der Waals surface area (Å²) in [5.74, 6) is 0.761. The Morgan fingerprint density at radius 1 is 1.26 bits per heavy atom. The molecular weight excluding hydrogens is 242 g/mol. The maximum Gasteiger partial charge on any atom is 0.275 e. The first kappa shape index (κ1) is 11.8. The highest BCUT2D eigenvalue weighted by Crippen LogP contribution is 2.15. The molecule has 0 aliphatic rings. The first-order chi connectivity index (χ1) is 9.08. The topological polar surface area (TPSA) is 53.0 Å². The van der Waals surface area contributed by atoms with Crippen LogP contribution < -0.4 is 5.56 Å². The number of aromatic nitrogens is 3. The van der Waals surface area contributed by atoms with Crippen molar-refractivity contribution in [1.29, 1.82) is 0 Å². The summed E-state index contributed by atoms with van der Waals surface area (Å²) in [4.78, 5) is 12.5. The Morgan fingerprint density at radius 3 is 2.68 bits per heavy atom. The third kappa shape index (κ3) is 1.78. The Balaban J connectivity index is 2.14. The van der Waals surface area contributed by atoms with Gasteiger partial charge in [-0.15, -0.1) is 0 Å². The van der Waals surface area contributed by atoms with E-state index in [1.165, 1.54) is 0 Å². The van der Waals surface area contributed by atoms with E-state index in [-0.39, 0.29) is 5.56 Å². The summed E-state index contributed by atoms with van der Waals surface area (Å²) in [5.41, 5.74) is 2.52. The highest BCUT2D eigenvalue weighted by molar-refractivity contribution is 5.78. The molecule has 19 heavy (non-hydrogen) atoms. The van der Waals surface area contributed by atoms with Crippen LogP contribution in [-0.2, 0) is 13.6 Å². The van der Waals surface area contributed by atoms with Crippen molar-refractivity contribution < 1.29 is 4.52 Å². The van der Waals surface area contributed by atoms with Crippen molar-refractivity contribution in [3.05, 3.63) is 51.9 Å². The number of aryl methyl sites for hydroxylation is 3. The summed E-state index contributed by atoms with van der Waals surface area (Å²) in [6, 6.07) is 3.89. The average molecular weight is 257 g/mol. The van der Waals surface area contributed by atoms with Gasteiger partial charge >= 0.3 is 0 Å². The Bertz CT molecular complexity index is 788. The smallest absolute Gasteiger partial charge is 0.275 e. The van der Waals surface area contributed by atoms with Crippen LogP contribution in [0.4, 0.5) is 0 Å². The van der Waals surface area contributed by atoms with Crippen LogP contribution in [0.15, 0.2) is 33.8 Å². The second kappa shape index (κ2) is 4.12. The van der Waals surface area contributed by atoms with Crippen LogP contribution in [0.2, 0.25) is 0 Å². The van der Waals surface area contributed by atoms with Gasteiger partial charge in [0.15, 0.2) is 0 Å². The van der Waals surface area contributed by atoms with Crippen LogP contribution in [0.5, 0.6) is 0 Å². The minimum atomic E-state index is 0.00463. The van der Waals surface area contributed by atoms with E-state index in [1.807, 2.05) is 50.0 Å². The van der Waals surface area contributed by atoms with Gasteiger partial charge in [-0.3, -0.25) is 4.79 Å². The number of pyridine rings is 1. The van der Waals surface area contributed by atoms with Gasteiger partial charge in [0.25, 0.3) is 5.56 Å². The molecular formula is C14H15N3O2. The minimum Gasteiger partial charge on any atom is -0.361 e. The lowest BCUT2D eigenvalue weighted by molar-refractivity contribution is 0.392. The van der Waals surface area contributed by atoms with E-state index in [9.17, 15) is 4.79 Å². The van der Waals surface area contributed by atoms with Gasteiger partial charge in [-0.05, 0) is 26.0 Å². The Labute approximate surface area is 110 Å². The lowest BCUT2D eigenvalue weighted by Gasteiger charge is -2.06. The molecule has 0 aliphatic carbocycles. The number of hydrogen-bond acceptors (Lipinski definition) is 3. The Kier molecular flexibility index (Phi) is 2.55. The zero-order chi connectivity index (χ0) is 13.6. The largest absolute Gasteiger partial charge is 0.361 e. The third-order valence-corrected chi connectivity index (χ3v) is 3.51. The first-order valence-electron chi connectivity index (χ1n) is 6.14. The molecule has 98 valence electrons. The first-order valence-corrected chi connectivity index (χ1v) is 6.14. The summed E-state index contributed by atoms with van der Waals surface area (Å²) < 4.78 is 8.67. The van der Waals surface area contributed by atoms with E-state index in [2.05, 4.69) is 5.16 Å². The zero-order valence-electron chi connectivity index (χ0n) is 11.2. The molecule has 3 aromatic rings. The molecule has 3 rings (SSSR count). The van der Waals surface area contributed by atoms with Gasteiger partial charge in [0, 0.05) is 30.4 Å². The number of rotatable bonds is 2. The molecule has 0 amide bonds. The third-order valence-electron chi connectivity index (χ3n) is 3.51. The standard InChI is InChI=1S/C14H15N3O2/c1-9-12(10(2)19-15-9)8-17-7-5-11-4-6-16(3)13(11)14(17)18/h4-7H,8H2,1-3H3. The van der Waals surface area contributed by atoms with Gasteiger partial charge < -0.3 is 13.7 Å². The van der Waals surface area contributed by atoms with Crippen LogP contribution in [0.1, 0.15) is 17.0 Å². The van der Waals surface area contributed by atoms with E-state index < -0.39 is 0 Å². The number of hydrogen-bond donors (Lipinski definition) is 0. The highest BCUT2D eigenvalue weighted by Gasteiger charge is 2.12. The molecule has 0 bridgehead atoms. The van der Waals surface area contributed by atoms with E-state index in [1.54, 1.807) is 4.57 Å². The SMILES string of the molecule is Cc1noc(C)c1Cn1ccc2ccn(C)c2c1=O. The summed E-state index contributed by atoms with van der Waals surface area (Å²) in [7, 11) is 1.88. The number of fused-ring (bicyclic) bond motifs is 1. The van der Waals surface area contributed by atoms with Crippen LogP contribution in [0.25, 0.3) is 10.9 Å². The summed E-state index contributed by atoms with van der Waals surface area (Å²) in [6.07, 6.45) is 3.71. The quantitative estimate of drug-likeness (QED) is 0.705. The molecule has 5 nitrogen and oxygen atoms in total. The van der Waals surface area contributed by atoms with Crippen molar-refractivity contribution in [1.82, 2.24) is 14.3 Å². The molecule has 0 aromatic carbocycles. The van der Waals surface area contributed by atoms with Gasteiger partial charge in [-0.2, -0.15) is 0 Å². The van der Waals surface area contributed by atoms with E-state index in [4.69, 9.17) is 4.52 Å². The summed E-state index contributed by atoms with van der Waals surface area (Å²) in [5, 5.41) is 4.88. The minimum absolute atomic E-state index is 0.00463. The molecule has 0 N–H and O–H groups in total. The predicted molar refractivity (Wildman–Crippen MR) is 72.3 cm³/mol. The Hall–Kier alpha value is -2.30. The van der Waals surface area contributed by atoms with Gasteiger partial charge in [-0.1, -0.05) is 5.16 Å². The molecule has 0 saturated carbocycles. The maximum absolute atomic E-state index is 12.5. The fourth-order valence-corrected chi connectivity index (χ4v) is 2.35. The second-order valence-corrected chi connectivity index (χ2v) is 4.78. The van der Waals surface area contributed by atoms with E-state index >= 15 is 0 Å². The normalized spacial score (nSPS) is 11.3. The fraction of sp³-hybridized carbons (Fsp3) is 0.286.